The van der Waals surface area contributed by atoms with E-state index in [1.807, 2.05) is 6.92 Å². The van der Waals surface area contributed by atoms with Gasteiger partial charge in [-0.1, -0.05) is 13.8 Å². The van der Waals surface area contributed by atoms with Crippen molar-refractivity contribution in [2.45, 2.75) is 40.0 Å². The van der Waals surface area contributed by atoms with Crippen molar-refractivity contribution >= 4 is 11.9 Å². The van der Waals surface area contributed by atoms with Crippen molar-refractivity contribution in [3.8, 4) is 0 Å². The minimum Gasteiger partial charge on any atom is -0.481 e. The summed E-state index contributed by atoms with van der Waals surface area (Å²) >= 11 is 0. The largest absolute Gasteiger partial charge is 0.481 e. The Bertz CT molecular complexity index is 253. The Hall–Kier alpha value is -1.10. The standard InChI is InChI=1S/C13H25NO4/c1-4-18-9-12(15)14-8-7-11(10(2)3)5-6-13(16)17/h10-11H,4-9H2,1-3H3,(H,14,15)(H,16,17). The molecule has 1 amide bonds. The smallest absolute Gasteiger partial charge is 0.303 e. The Balaban J connectivity index is 3.82. The van der Waals surface area contributed by atoms with Gasteiger partial charge in [0.25, 0.3) is 0 Å². The zero-order valence-electron chi connectivity index (χ0n) is 11.6. The highest BCUT2D eigenvalue weighted by atomic mass is 16.5. The lowest BCUT2D eigenvalue weighted by atomic mass is 9.88. The van der Waals surface area contributed by atoms with Crippen LogP contribution >= 0.6 is 0 Å². The predicted molar refractivity (Wildman–Crippen MR) is 69.3 cm³/mol. The first-order valence-electron chi connectivity index (χ1n) is 6.53. The first kappa shape index (κ1) is 16.9. The molecule has 5 nitrogen and oxygen atoms in total. The van der Waals surface area contributed by atoms with E-state index in [9.17, 15) is 9.59 Å². The van der Waals surface area contributed by atoms with Crippen LogP contribution in [0.25, 0.3) is 0 Å². The molecule has 0 aliphatic carbocycles. The fourth-order valence-corrected chi connectivity index (χ4v) is 1.76. The van der Waals surface area contributed by atoms with E-state index in [4.69, 9.17) is 9.84 Å². The zero-order chi connectivity index (χ0) is 14.0. The third-order valence-electron chi connectivity index (χ3n) is 2.95. The quantitative estimate of drug-likeness (QED) is 0.625. The van der Waals surface area contributed by atoms with Gasteiger partial charge in [0.1, 0.15) is 6.61 Å². The number of nitrogens with one attached hydrogen (secondary N) is 1. The van der Waals surface area contributed by atoms with Crippen LogP contribution in [0, 0.1) is 11.8 Å². The molecule has 5 heteroatoms. The van der Waals surface area contributed by atoms with Crippen molar-refractivity contribution in [3.05, 3.63) is 0 Å². The summed E-state index contributed by atoms with van der Waals surface area (Å²) in [5.41, 5.74) is 0. The van der Waals surface area contributed by atoms with Crippen molar-refractivity contribution in [3.63, 3.8) is 0 Å². The molecule has 0 aromatic heterocycles. The summed E-state index contributed by atoms with van der Waals surface area (Å²) in [6, 6.07) is 0. The average molecular weight is 259 g/mol. The molecule has 2 N–H and O–H groups in total. The number of ether oxygens (including phenoxy) is 1. The molecule has 0 aliphatic heterocycles. The van der Waals surface area contributed by atoms with Crippen LogP contribution in [0.2, 0.25) is 0 Å². The van der Waals surface area contributed by atoms with E-state index in [2.05, 4.69) is 19.2 Å². The van der Waals surface area contributed by atoms with E-state index in [1.165, 1.54) is 0 Å². The molecule has 0 bridgehead atoms. The molecular weight excluding hydrogens is 234 g/mol. The van der Waals surface area contributed by atoms with E-state index in [-0.39, 0.29) is 18.9 Å². The van der Waals surface area contributed by atoms with E-state index < -0.39 is 5.97 Å². The van der Waals surface area contributed by atoms with Gasteiger partial charge in [-0.2, -0.15) is 0 Å². The maximum absolute atomic E-state index is 11.3. The number of rotatable bonds is 10. The molecule has 106 valence electrons. The van der Waals surface area contributed by atoms with Gasteiger partial charge >= 0.3 is 5.97 Å². The van der Waals surface area contributed by atoms with Gasteiger partial charge in [-0.15, -0.1) is 0 Å². The molecule has 0 saturated carbocycles. The molecular formula is C13H25NO4. The molecule has 0 aromatic carbocycles. The van der Waals surface area contributed by atoms with Gasteiger partial charge in [0, 0.05) is 19.6 Å². The van der Waals surface area contributed by atoms with Crippen LogP contribution in [0.15, 0.2) is 0 Å². The van der Waals surface area contributed by atoms with Gasteiger partial charge in [-0.25, -0.2) is 0 Å². The van der Waals surface area contributed by atoms with Crippen LogP contribution in [0.1, 0.15) is 40.0 Å². The first-order valence-corrected chi connectivity index (χ1v) is 6.53. The fourth-order valence-electron chi connectivity index (χ4n) is 1.76. The van der Waals surface area contributed by atoms with E-state index >= 15 is 0 Å². The SMILES string of the molecule is CCOCC(=O)NCCC(CCC(=O)O)C(C)C. The molecule has 18 heavy (non-hydrogen) atoms. The Morgan fingerprint density at radius 3 is 2.44 bits per heavy atom. The Morgan fingerprint density at radius 1 is 1.28 bits per heavy atom. The molecule has 0 saturated heterocycles. The predicted octanol–water partition coefficient (Wildman–Crippen LogP) is 1.67. The third kappa shape index (κ3) is 8.98. The second kappa shape index (κ2) is 9.88. The third-order valence-corrected chi connectivity index (χ3v) is 2.95. The van der Waals surface area contributed by atoms with E-state index in [0.717, 1.165) is 6.42 Å². The van der Waals surface area contributed by atoms with Gasteiger partial charge in [0.2, 0.25) is 5.91 Å². The second-order valence-corrected chi connectivity index (χ2v) is 4.71. The minimum absolute atomic E-state index is 0.0952. The first-order chi connectivity index (χ1) is 8.47. The lowest BCUT2D eigenvalue weighted by Gasteiger charge is -2.20. The summed E-state index contributed by atoms with van der Waals surface area (Å²) in [6.07, 6.45) is 1.66. The van der Waals surface area contributed by atoms with Crippen molar-refractivity contribution < 1.29 is 19.4 Å². The van der Waals surface area contributed by atoms with Crippen LogP contribution in [0.4, 0.5) is 0 Å². The molecule has 0 spiro atoms. The number of carboxylic acids is 1. The summed E-state index contributed by atoms with van der Waals surface area (Å²) in [5, 5.41) is 11.4. The van der Waals surface area contributed by atoms with Crippen LogP contribution < -0.4 is 5.32 Å². The van der Waals surface area contributed by atoms with Gasteiger partial charge < -0.3 is 15.2 Å². The number of hydrogen-bond acceptors (Lipinski definition) is 3. The molecule has 0 rings (SSSR count). The van der Waals surface area contributed by atoms with Crippen LogP contribution in [0.3, 0.4) is 0 Å². The maximum Gasteiger partial charge on any atom is 0.303 e. The molecule has 1 unspecified atom stereocenters. The highest BCUT2D eigenvalue weighted by Crippen LogP contribution is 2.20. The molecule has 0 aromatic rings. The van der Waals surface area contributed by atoms with Crippen LogP contribution in [0.5, 0.6) is 0 Å². The number of carboxylic acid groups (broad SMARTS) is 1. The van der Waals surface area contributed by atoms with Crippen molar-refractivity contribution in [2.75, 3.05) is 19.8 Å². The summed E-state index contributed by atoms with van der Waals surface area (Å²) in [6.45, 7) is 7.20. The highest BCUT2D eigenvalue weighted by molar-refractivity contribution is 5.77. The normalized spacial score (nSPS) is 12.4. The van der Waals surface area contributed by atoms with Crippen LogP contribution in [-0.2, 0) is 14.3 Å². The van der Waals surface area contributed by atoms with Crippen LogP contribution in [-0.4, -0.2) is 36.7 Å². The number of aliphatic carboxylic acids is 1. The zero-order valence-corrected chi connectivity index (χ0v) is 11.6. The van der Waals surface area contributed by atoms with Gasteiger partial charge in [0.15, 0.2) is 0 Å². The second-order valence-electron chi connectivity index (χ2n) is 4.71. The van der Waals surface area contributed by atoms with Crippen molar-refractivity contribution in [2.24, 2.45) is 11.8 Å². The lowest BCUT2D eigenvalue weighted by molar-refractivity contribution is -0.137. The van der Waals surface area contributed by atoms with Gasteiger partial charge in [-0.3, -0.25) is 9.59 Å². The molecule has 0 fully saturated rings. The molecule has 0 aliphatic rings. The van der Waals surface area contributed by atoms with Crippen molar-refractivity contribution in [1.82, 2.24) is 5.32 Å². The van der Waals surface area contributed by atoms with Gasteiger partial charge in [-0.05, 0) is 31.6 Å². The topological polar surface area (TPSA) is 75.6 Å². The highest BCUT2D eigenvalue weighted by Gasteiger charge is 2.15. The van der Waals surface area contributed by atoms with Crippen molar-refractivity contribution in [1.29, 1.82) is 0 Å². The van der Waals surface area contributed by atoms with E-state index in [1.54, 1.807) is 0 Å². The Morgan fingerprint density at radius 2 is 1.94 bits per heavy atom. The van der Waals surface area contributed by atoms with Gasteiger partial charge in [0.05, 0.1) is 0 Å². The summed E-state index contributed by atoms with van der Waals surface area (Å²) in [7, 11) is 0. The number of carbonyl (C=O) groups is 2. The summed E-state index contributed by atoms with van der Waals surface area (Å²) in [5.74, 6) is -0.125. The maximum atomic E-state index is 11.3. The molecule has 0 heterocycles. The Kier molecular flexibility index (Phi) is 9.28. The number of carbonyl (C=O) groups excluding carboxylic acids is 1. The number of amides is 1. The summed E-state index contributed by atoms with van der Waals surface area (Å²) < 4.78 is 4.99. The minimum atomic E-state index is -0.763. The monoisotopic (exact) mass is 259 g/mol. The number of hydrogen-bond donors (Lipinski definition) is 2. The Labute approximate surface area is 109 Å². The van der Waals surface area contributed by atoms with E-state index in [0.29, 0.717) is 31.4 Å². The summed E-state index contributed by atoms with van der Waals surface area (Å²) in [4.78, 5) is 21.8. The molecule has 0 radical (unpaired) electrons. The lowest BCUT2D eigenvalue weighted by Crippen LogP contribution is -2.30. The fraction of sp³-hybridized carbons (Fsp3) is 0.846. The molecule has 1 atom stereocenters. The average Bonchev–Trinajstić information content (AvgIpc) is 2.30.